The highest BCUT2D eigenvalue weighted by molar-refractivity contribution is 6.33. The molecule has 0 aliphatic rings. The minimum atomic E-state index is -0.380. The zero-order valence-corrected chi connectivity index (χ0v) is 11.7. The molecule has 0 aliphatic heterocycles. The van der Waals surface area contributed by atoms with E-state index in [1.54, 1.807) is 18.2 Å². The Bertz CT molecular complexity index is 602. The van der Waals surface area contributed by atoms with Gasteiger partial charge in [0.2, 0.25) is 5.88 Å². The number of carbonyl (C=O) groups excluding carboxylic acids is 1. The first kappa shape index (κ1) is 13.5. The Hall–Kier alpha value is -1.88. The van der Waals surface area contributed by atoms with Gasteiger partial charge in [-0.2, -0.15) is 0 Å². The smallest absolute Gasteiger partial charge is 0.261 e. The van der Waals surface area contributed by atoms with Crippen LogP contribution in [0.25, 0.3) is 0 Å². The topological polar surface area (TPSA) is 68.0 Å². The van der Waals surface area contributed by atoms with E-state index in [1.807, 2.05) is 20.8 Å². The molecule has 0 aliphatic carbocycles. The van der Waals surface area contributed by atoms with Crippen LogP contribution in [0.5, 0.6) is 0 Å². The van der Waals surface area contributed by atoms with E-state index in [1.165, 1.54) is 6.20 Å². The molecule has 5 nitrogen and oxygen atoms in total. The summed E-state index contributed by atoms with van der Waals surface area (Å²) in [5.41, 5.74) is 0.913. The lowest BCUT2D eigenvalue weighted by Crippen LogP contribution is -2.13. The zero-order valence-electron chi connectivity index (χ0n) is 10.9. The number of hydrogen-bond donors (Lipinski definition) is 1. The molecule has 19 heavy (non-hydrogen) atoms. The molecule has 0 bridgehead atoms. The van der Waals surface area contributed by atoms with Gasteiger partial charge in [0.05, 0.1) is 11.3 Å². The molecule has 0 aromatic carbocycles. The van der Waals surface area contributed by atoms with Gasteiger partial charge in [-0.1, -0.05) is 37.5 Å². The molecule has 2 aromatic rings. The van der Waals surface area contributed by atoms with Gasteiger partial charge in [0.25, 0.3) is 5.91 Å². The maximum atomic E-state index is 12.0. The van der Waals surface area contributed by atoms with Gasteiger partial charge in [-0.05, 0) is 12.1 Å². The number of anilines is 1. The van der Waals surface area contributed by atoms with Crippen molar-refractivity contribution in [3.8, 4) is 0 Å². The number of nitrogens with zero attached hydrogens (tertiary/aromatic N) is 2. The highest BCUT2D eigenvalue weighted by atomic mass is 35.5. The molecular weight excluding hydrogens is 266 g/mol. The Morgan fingerprint density at radius 1 is 1.42 bits per heavy atom. The predicted octanol–water partition coefficient (Wildman–Crippen LogP) is 3.27. The van der Waals surface area contributed by atoms with Crippen LogP contribution in [0.15, 0.2) is 28.9 Å². The van der Waals surface area contributed by atoms with E-state index in [9.17, 15) is 4.79 Å². The zero-order chi connectivity index (χ0) is 14.0. The third-order valence-corrected chi connectivity index (χ3v) is 2.82. The predicted molar refractivity (Wildman–Crippen MR) is 72.4 cm³/mol. The summed E-state index contributed by atoms with van der Waals surface area (Å²) in [4.78, 5) is 15.8. The van der Waals surface area contributed by atoms with Gasteiger partial charge in [0.15, 0.2) is 0 Å². The summed E-state index contributed by atoms with van der Waals surface area (Å²) in [6, 6.07) is 4.93. The standard InChI is InChI=1S/C13H14ClN3O2/c1-13(2,3)9-7-10(19-17-9)16-12(18)8-5-4-6-15-11(8)14/h4-7H,1-3H3,(H,16,18). The third kappa shape index (κ3) is 3.12. The SMILES string of the molecule is CC(C)(C)c1cc(NC(=O)c2cccnc2Cl)on1. The molecule has 0 saturated heterocycles. The number of halogens is 1. The van der Waals surface area contributed by atoms with Crippen molar-refractivity contribution in [1.29, 1.82) is 0 Å². The summed E-state index contributed by atoms with van der Waals surface area (Å²) in [5, 5.41) is 6.67. The van der Waals surface area contributed by atoms with Crippen molar-refractivity contribution in [3.05, 3.63) is 40.8 Å². The fourth-order valence-electron chi connectivity index (χ4n) is 1.42. The lowest BCUT2D eigenvalue weighted by molar-refractivity contribution is 0.102. The summed E-state index contributed by atoms with van der Waals surface area (Å²) in [5.74, 6) is -0.0930. The second-order valence-electron chi connectivity index (χ2n) is 5.12. The highest BCUT2D eigenvalue weighted by Gasteiger charge is 2.20. The van der Waals surface area contributed by atoms with Gasteiger partial charge in [-0.15, -0.1) is 0 Å². The number of rotatable bonds is 2. The fourth-order valence-corrected chi connectivity index (χ4v) is 1.63. The quantitative estimate of drug-likeness (QED) is 0.857. The number of amides is 1. The van der Waals surface area contributed by atoms with Crippen LogP contribution in [0.3, 0.4) is 0 Å². The molecule has 0 radical (unpaired) electrons. The molecule has 0 atom stereocenters. The van der Waals surface area contributed by atoms with E-state index in [4.69, 9.17) is 16.1 Å². The van der Waals surface area contributed by atoms with Crippen molar-refractivity contribution in [2.24, 2.45) is 0 Å². The largest absolute Gasteiger partial charge is 0.338 e. The third-order valence-electron chi connectivity index (χ3n) is 2.52. The molecule has 1 N–H and O–H groups in total. The lowest BCUT2D eigenvalue weighted by atomic mass is 9.92. The second-order valence-corrected chi connectivity index (χ2v) is 5.48. The monoisotopic (exact) mass is 279 g/mol. The average molecular weight is 280 g/mol. The van der Waals surface area contributed by atoms with Crippen molar-refractivity contribution in [2.45, 2.75) is 26.2 Å². The van der Waals surface area contributed by atoms with Gasteiger partial charge >= 0.3 is 0 Å². The molecule has 2 rings (SSSR count). The molecule has 0 spiro atoms. The minimum absolute atomic E-state index is 0.140. The Kier molecular flexibility index (Phi) is 3.57. The van der Waals surface area contributed by atoms with Crippen LogP contribution in [0.2, 0.25) is 5.15 Å². The molecular formula is C13H14ClN3O2. The first-order valence-corrected chi connectivity index (χ1v) is 6.15. The molecule has 100 valence electrons. The van der Waals surface area contributed by atoms with Gasteiger partial charge in [0, 0.05) is 17.7 Å². The minimum Gasteiger partial charge on any atom is -0.338 e. The van der Waals surface area contributed by atoms with Gasteiger partial charge in [-0.3, -0.25) is 10.1 Å². The summed E-state index contributed by atoms with van der Waals surface area (Å²) >= 11 is 5.84. The number of carbonyl (C=O) groups is 1. The molecule has 0 unspecified atom stereocenters. The number of hydrogen-bond acceptors (Lipinski definition) is 4. The highest BCUT2D eigenvalue weighted by Crippen LogP contribution is 2.24. The maximum Gasteiger partial charge on any atom is 0.261 e. The van der Waals surface area contributed by atoms with Crippen LogP contribution in [0.1, 0.15) is 36.8 Å². The molecule has 1 amide bonds. The lowest BCUT2D eigenvalue weighted by Gasteiger charge is -2.12. The Labute approximate surface area is 116 Å². The Morgan fingerprint density at radius 2 is 2.16 bits per heavy atom. The van der Waals surface area contributed by atoms with E-state index in [0.717, 1.165) is 5.69 Å². The summed E-state index contributed by atoms with van der Waals surface area (Å²) in [6.07, 6.45) is 1.52. The van der Waals surface area contributed by atoms with Gasteiger partial charge in [-0.25, -0.2) is 4.98 Å². The summed E-state index contributed by atoms with van der Waals surface area (Å²) in [6.45, 7) is 6.03. The van der Waals surface area contributed by atoms with Crippen molar-refractivity contribution in [3.63, 3.8) is 0 Å². The van der Waals surface area contributed by atoms with E-state index in [2.05, 4.69) is 15.5 Å². The molecule has 2 heterocycles. The van der Waals surface area contributed by atoms with Crippen LogP contribution in [0, 0.1) is 0 Å². The van der Waals surface area contributed by atoms with Crippen LogP contribution in [-0.4, -0.2) is 16.0 Å². The van der Waals surface area contributed by atoms with Crippen LogP contribution in [-0.2, 0) is 5.41 Å². The second kappa shape index (κ2) is 5.01. The average Bonchev–Trinajstić information content (AvgIpc) is 2.77. The summed E-state index contributed by atoms with van der Waals surface area (Å²) in [7, 11) is 0. The summed E-state index contributed by atoms with van der Waals surface area (Å²) < 4.78 is 5.08. The van der Waals surface area contributed by atoms with Crippen molar-refractivity contribution in [2.75, 3.05) is 5.32 Å². The van der Waals surface area contributed by atoms with Crippen LogP contribution in [0.4, 0.5) is 5.88 Å². The van der Waals surface area contributed by atoms with E-state index in [0.29, 0.717) is 0 Å². The maximum absolute atomic E-state index is 12.0. The van der Waals surface area contributed by atoms with Crippen molar-refractivity contribution >= 4 is 23.4 Å². The number of aromatic nitrogens is 2. The first-order chi connectivity index (χ1) is 8.88. The van der Waals surface area contributed by atoms with E-state index >= 15 is 0 Å². The number of pyridine rings is 1. The van der Waals surface area contributed by atoms with E-state index in [-0.39, 0.29) is 27.9 Å². The van der Waals surface area contributed by atoms with Gasteiger partial charge < -0.3 is 4.52 Å². The van der Waals surface area contributed by atoms with Crippen LogP contribution >= 0.6 is 11.6 Å². The van der Waals surface area contributed by atoms with E-state index < -0.39 is 0 Å². The first-order valence-electron chi connectivity index (χ1n) is 5.77. The van der Waals surface area contributed by atoms with Crippen molar-refractivity contribution in [1.82, 2.24) is 10.1 Å². The van der Waals surface area contributed by atoms with Crippen LogP contribution < -0.4 is 5.32 Å². The normalized spacial score (nSPS) is 11.4. The Morgan fingerprint density at radius 3 is 2.74 bits per heavy atom. The molecule has 0 fully saturated rings. The molecule has 6 heteroatoms. The molecule has 2 aromatic heterocycles. The Balaban J connectivity index is 2.16. The van der Waals surface area contributed by atoms with Crippen molar-refractivity contribution < 1.29 is 9.32 Å². The van der Waals surface area contributed by atoms with Gasteiger partial charge in [0.1, 0.15) is 5.15 Å². The number of nitrogens with one attached hydrogen (secondary N) is 1. The fraction of sp³-hybridized carbons (Fsp3) is 0.308. The molecule has 0 saturated carbocycles.